The fraction of sp³-hybridized carbons (Fsp3) is 0.250. The van der Waals surface area contributed by atoms with Crippen LogP contribution in [0.5, 0.6) is 5.75 Å². The van der Waals surface area contributed by atoms with E-state index < -0.39 is 0 Å². The van der Waals surface area contributed by atoms with Crippen LogP contribution in [0, 0.1) is 12.3 Å². The molecule has 0 aliphatic rings. The maximum atomic E-state index is 11.5. The number of carbonyl (C=O) groups is 1. The molecular weight excluding hydrogens is 176 g/mol. The Morgan fingerprint density at radius 3 is 2.86 bits per heavy atom. The van der Waals surface area contributed by atoms with E-state index in [1.54, 1.807) is 12.1 Å². The summed E-state index contributed by atoms with van der Waals surface area (Å²) < 4.78 is 5.25. The second-order valence-electron chi connectivity index (χ2n) is 2.77. The van der Waals surface area contributed by atoms with Crippen molar-refractivity contribution in [3.8, 4) is 18.1 Å². The number of ketones is 1. The molecule has 72 valence electrons. The van der Waals surface area contributed by atoms with Crippen LogP contribution in [0.25, 0.3) is 0 Å². The minimum atomic E-state index is 0.0672. The first-order chi connectivity index (χ1) is 6.79. The van der Waals surface area contributed by atoms with Crippen molar-refractivity contribution in [1.29, 1.82) is 0 Å². The summed E-state index contributed by atoms with van der Waals surface area (Å²) in [5.74, 6) is 3.00. The molecule has 0 radical (unpaired) electrons. The van der Waals surface area contributed by atoms with Gasteiger partial charge in [-0.05, 0) is 12.1 Å². The van der Waals surface area contributed by atoms with E-state index in [1.165, 1.54) is 0 Å². The Morgan fingerprint density at radius 1 is 1.50 bits per heavy atom. The molecule has 0 spiro atoms. The highest BCUT2D eigenvalue weighted by Crippen LogP contribution is 2.19. The molecule has 14 heavy (non-hydrogen) atoms. The molecule has 0 aliphatic carbocycles. The molecule has 0 N–H and O–H groups in total. The van der Waals surface area contributed by atoms with Gasteiger partial charge >= 0.3 is 0 Å². The van der Waals surface area contributed by atoms with Gasteiger partial charge in [-0.2, -0.15) is 0 Å². The molecule has 0 aliphatic heterocycles. The maximum absolute atomic E-state index is 11.5. The average molecular weight is 188 g/mol. The third kappa shape index (κ3) is 2.37. The van der Waals surface area contributed by atoms with E-state index in [1.807, 2.05) is 19.1 Å². The molecule has 1 aromatic rings. The van der Waals surface area contributed by atoms with Crippen molar-refractivity contribution in [1.82, 2.24) is 0 Å². The van der Waals surface area contributed by atoms with Gasteiger partial charge in [0.25, 0.3) is 0 Å². The Balaban J connectivity index is 2.92. The van der Waals surface area contributed by atoms with Gasteiger partial charge < -0.3 is 4.74 Å². The van der Waals surface area contributed by atoms with Crippen LogP contribution in [0.2, 0.25) is 0 Å². The average Bonchev–Trinajstić information content (AvgIpc) is 2.25. The predicted molar refractivity (Wildman–Crippen MR) is 55.4 cm³/mol. The minimum Gasteiger partial charge on any atom is -0.480 e. The van der Waals surface area contributed by atoms with Gasteiger partial charge in [-0.15, -0.1) is 6.42 Å². The van der Waals surface area contributed by atoms with E-state index in [4.69, 9.17) is 11.2 Å². The number of rotatable bonds is 4. The molecule has 0 amide bonds. The quantitative estimate of drug-likeness (QED) is 0.535. The summed E-state index contributed by atoms with van der Waals surface area (Å²) in [4.78, 5) is 11.5. The third-order valence-corrected chi connectivity index (χ3v) is 1.82. The SMILES string of the molecule is C#CCOc1ccccc1C(=O)CC. The molecule has 0 bridgehead atoms. The molecule has 0 aromatic heterocycles. The van der Waals surface area contributed by atoms with E-state index >= 15 is 0 Å². The Bertz CT molecular complexity index is 361. The van der Waals surface area contributed by atoms with E-state index in [0.29, 0.717) is 17.7 Å². The molecule has 1 rings (SSSR count). The number of hydrogen-bond donors (Lipinski definition) is 0. The van der Waals surface area contributed by atoms with Gasteiger partial charge in [0.05, 0.1) is 5.56 Å². The summed E-state index contributed by atoms with van der Waals surface area (Å²) in [6, 6.07) is 7.13. The second kappa shape index (κ2) is 5.08. The lowest BCUT2D eigenvalue weighted by Crippen LogP contribution is -2.02. The lowest BCUT2D eigenvalue weighted by Gasteiger charge is -2.06. The predicted octanol–water partition coefficient (Wildman–Crippen LogP) is 2.29. The first kappa shape index (κ1) is 10.3. The molecule has 2 heteroatoms. The molecule has 0 saturated carbocycles. The number of ether oxygens (including phenoxy) is 1. The van der Waals surface area contributed by atoms with E-state index in [9.17, 15) is 4.79 Å². The summed E-state index contributed by atoms with van der Waals surface area (Å²) in [5, 5.41) is 0. The van der Waals surface area contributed by atoms with Gasteiger partial charge in [-0.25, -0.2) is 0 Å². The maximum Gasteiger partial charge on any atom is 0.166 e. The number of para-hydroxylation sites is 1. The van der Waals surface area contributed by atoms with Crippen LogP contribution in [0.15, 0.2) is 24.3 Å². The van der Waals surface area contributed by atoms with Crippen molar-refractivity contribution in [2.45, 2.75) is 13.3 Å². The summed E-state index contributed by atoms with van der Waals surface area (Å²) in [5.41, 5.74) is 0.602. The molecule has 0 heterocycles. The number of hydrogen-bond acceptors (Lipinski definition) is 2. The van der Waals surface area contributed by atoms with Gasteiger partial charge in [-0.3, -0.25) is 4.79 Å². The Labute approximate surface area is 83.9 Å². The van der Waals surface area contributed by atoms with Crippen molar-refractivity contribution in [2.24, 2.45) is 0 Å². The minimum absolute atomic E-state index is 0.0672. The van der Waals surface area contributed by atoms with Crippen molar-refractivity contribution in [3.63, 3.8) is 0 Å². The van der Waals surface area contributed by atoms with Crippen LogP contribution in [0.4, 0.5) is 0 Å². The summed E-state index contributed by atoms with van der Waals surface area (Å²) in [6.45, 7) is 2.01. The highest BCUT2D eigenvalue weighted by molar-refractivity contribution is 5.98. The summed E-state index contributed by atoms with van der Waals surface area (Å²) >= 11 is 0. The largest absolute Gasteiger partial charge is 0.480 e. The molecule has 0 unspecified atom stereocenters. The number of Topliss-reactive ketones (excluding diaryl/α,β-unsaturated/α-hetero) is 1. The van der Waals surface area contributed by atoms with Crippen molar-refractivity contribution in [3.05, 3.63) is 29.8 Å². The fourth-order valence-corrected chi connectivity index (χ4v) is 1.13. The first-order valence-electron chi connectivity index (χ1n) is 4.48. The Kier molecular flexibility index (Phi) is 3.75. The third-order valence-electron chi connectivity index (χ3n) is 1.82. The van der Waals surface area contributed by atoms with Crippen LogP contribution in [-0.2, 0) is 0 Å². The van der Waals surface area contributed by atoms with Gasteiger partial charge in [0.1, 0.15) is 12.4 Å². The molecule has 1 aromatic carbocycles. The van der Waals surface area contributed by atoms with Gasteiger partial charge in [-0.1, -0.05) is 25.0 Å². The highest BCUT2D eigenvalue weighted by atomic mass is 16.5. The number of carbonyl (C=O) groups excluding carboxylic acids is 1. The Hall–Kier alpha value is -1.75. The molecule has 0 fully saturated rings. The van der Waals surface area contributed by atoms with Gasteiger partial charge in [0.15, 0.2) is 5.78 Å². The van der Waals surface area contributed by atoms with E-state index in [-0.39, 0.29) is 12.4 Å². The first-order valence-corrected chi connectivity index (χ1v) is 4.48. The van der Waals surface area contributed by atoms with Crippen LogP contribution in [0.3, 0.4) is 0 Å². The van der Waals surface area contributed by atoms with E-state index in [0.717, 1.165) is 0 Å². The normalized spacial score (nSPS) is 9.14. The lowest BCUT2D eigenvalue weighted by molar-refractivity contribution is 0.0985. The van der Waals surface area contributed by atoms with Gasteiger partial charge in [0, 0.05) is 6.42 Å². The smallest absolute Gasteiger partial charge is 0.166 e. The molecule has 0 saturated heterocycles. The van der Waals surface area contributed by atoms with Crippen LogP contribution in [-0.4, -0.2) is 12.4 Å². The number of benzene rings is 1. The van der Waals surface area contributed by atoms with Crippen LogP contribution < -0.4 is 4.74 Å². The zero-order valence-electron chi connectivity index (χ0n) is 8.12. The zero-order valence-corrected chi connectivity index (χ0v) is 8.12. The van der Waals surface area contributed by atoms with Crippen molar-refractivity contribution in [2.75, 3.05) is 6.61 Å². The molecular formula is C12H12O2. The van der Waals surface area contributed by atoms with Crippen molar-refractivity contribution < 1.29 is 9.53 Å². The topological polar surface area (TPSA) is 26.3 Å². The number of terminal acetylenes is 1. The summed E-state index contributed by atoms with van der Waals surface area (Å²) in [7, 11) is 0. The standard InChI is InChI=1S/C12H12O2/c1-3-9-14-12-8-6-5-7-10(12)11(13)4-2/h1,5-8H,4,9H2,2H3. The zero-order chi connectivity index (χ0) is 10.4. The van der Waals surface area contributed by atoms with Gasteiger partial charge in [0.2, 0.25) is 0 Å². The molecule has 2 nitrogen and oxygen atoms in total. The lowest BCUT2D eigenvalue weighted by atomic mass is 10.1. The molecule has 0 atom stereocenters. The van der Waals surface area contributed by atoms with E-state index in [2.05, 4.69) is 5.92 Å². The van der Waals surface area contributed by atoms with Crippen LogP contribution in [0.1, 0.15) is 23.7 Å². The summed E-state index contributed by atoms with van der Waals surface area (Å²) in [6.07, 6.45) is 5.54. The Morgan fingerprint density at radius 2 is 2.21 bits per heavy atom. The van der Waals surface area contributed by atoms with Crippen molar-refractivity contribution >= 4 is 5.78 Å². The monoisotopic (exact) mass is 188 g/mol. The second-order valence-corrected chi connectivity index (χ2v) is 2.77. The fourth-order valence-electron chi connectivity index (χ4n) is 1.13. The highest BCUT2D eigenvalue weighted by Gasteiger charge is 2.08. The van der Waals surface area contributed by atoms with Crippen LogP contribution >= 0.6 is 0 Å².